The maximum atomic E-state index is 6.61. The minimum absolute atomic E-state index is 0.899. The summed E-state index contributed by atoms with van der Waals surface area (Å²) < 4.78 is 11.4. The number of fused-ring (bicyclic) bond motifs is 10. The Balaban J connectivity index is 1.10. The Morgan fingerprint density at radius 1 is 0.309 bits per heavy atom. The summed E-state index contributed by atoms with van der Waals surface area (Å²) in [6.07, 6.45) is 0. The van der Waals surface area contributed by atoms with Crippen molar-refractivity contribution >= 4 is 76.3 Å². The molecule has 3 heterocycles. The number of para-hydroxylation sites is 3. The van der Waals surface area contributed by atoms with Gasteiger partial charge >= 0.3 is 0 Å². The van der Waals surface area contributed by atoms with Gasteiger partial charge in [0.25, 0.3) is 0 Å². The van der Waals surface area contributed by atoms with E-state index in [2.05, 4.69) is 197 Å². The van der Waals surface area contributed by atoms with E-state index in [0.717, 1.165) is 44.3 Å². The summed E-state index contributed by atoms with van der Waals surface area (Å²) in [5.74, 6) is 0. The minimum Gasteiger partial charge on any atom is -0.454 e. The van der Waals surface area contributed by atoms with Crippen LogP contribution in [0, 0.1) is 0 Å². The molecule has 0 radical (unpaired) electrons. The van der Waals surface area contributed by atoms with Crippen molar-refractivity contribution in [3.63, 3.8) is 0 Å². The second-order valence-electron chi connectivity index (χ2n) is 14.5. The predicted molar refractivity (Wildman–Crippen MR) is 231 cm³/mol. The molecule has 0 bridgehead atoms. The maximum Gasteiger partial charge on any atom is 0.159 e. The van der Waals surface area contributed by atoms with Crippen molar-refractivity contribution in [1.82, 2.24) is 9.13 Å². The van der Waals surface area contributed by atoms with E-state index < -0.39 is 0 Å². The molecule has 0 fully saturated rings. The lowest BCUT2D eigenvalue weighted by Gasteiger charge is -2.10. The molecule has 0 N–H and O–H groups in total. The van der Waals surface area contributed by atoms with Crippen molar-refractivity contribution in [2.75, 3.05) is 0 Å². The molecule has 0 aliphatic carbocycles. The van der Waals surface area contributed by atoms with Gasteiger partial charge in [0.15, 0.2) is 5.58 Å². The van der Waals surface area contributed by atoms with Crippen LogP contribution in [-0.2, 0) is 0 Å². The molecule has 0 aliphatic rings. The molecule has 3 aromatic heterocycles. The second kappa shape index (κ2) is 11.6. The minimum atomic E-state index is 0.899. The van der Waals surface area contributed by atoms with Crippen LogP contribution in [-0.4, -0.2) is 9.13 Å². The molecule has 3 heteroatoms. The number of benzene rings is 9. The van der Waals surface area contributed by atoms with Crippen LogP contribution in [0.25, 0.3) is 110 Å². The first-order valence-corrected chi connectivity index (χ1v) is 18.8. The van der Waals surface area contributed by atoms with Gasteiger partial charge < -0.3 is 13.6 Å². The summed E-state index contributed by atoms with van der Waals surface area (Å²) >= 11 is 0. The van der Waals surface area contributed by atoms with Crippen LogP contribution in [0.3, 0.4) is 0 Å². The van der Waals surface area contributed by atoms with Gasteiger partial charge in [0.05, 0.1) is 27.8 Å². The number of rotatable bonds is 4. The number of aromatic nitrogens is 2. The summed E-state index contributed by atoms with van der Waals surface area (Å²) in [7, 11) is 0. The Labute approximate surface area is 316 Å². The van der Waals surface area contributed by atoms with Gasteiger partial charge in [-0.15, -0.1) is 0 Å². The average molecular weight is 701 g/mol. The lowest BCUT2D eigenvalue weighted by molar-refractivity contribution is 0.666. The van der Waals surface area contributed by atoms with E-state index in [1.807, 2.05) is 6.07 Å². The van der Waals surface area contributed by atoms with Crippen LogP contribution < -0.4 is 0 Å². The number of hydrogen-bond acceptors (Lipinski definition) is 1. The highest BCUT2D eigenvalue weighted by Crippen LogP contribution is 2.42. The van der Waals surface area contributed by atoms with Crippen LogP contribution in [0.4, 0.5) is 0 Å². The predicted octanol–water partition coefficient (Wildman–Crippen LogP) is 14.3. The van der Waals surface area contributed by atoms with Gasteiger partial charge in [-0.1, -0.05) is 127 Å². The highest BCUT2D eigenvalue weighted by Gasteiger charge is 2.20. The molecular formula is C52H32N2O. The van der Waals surface area contributed by atoms with Crippen LogP contribution in [0.5, 0.6) is 0 Å². The molecule has 0 spiro atoms. The molecule has 0 aliphatic heterocycles. The van der Waals surface area contributed by atoms with Crippen LogP contribution in [0.1, 0.15) is 0 Å². The topological polar surface area (TPSA) is 23.0 Å². The summed E-state index contributed by atoms with van der Waals surface area (Å²) in [5, 5.41) is 9.61. The SMILES string of the molecule is c1ccc(-c2ccc3c4cc(-c5ccc6c(c5)c5cc7ccccc7cc5n6-c5cccc6c5oc5ccccc56)ccc4n(-c4ccccc4)c3c2)cc1. The largest absolute Gasteiger partial charge is 0.454 e. The van der Waals surface area contributed by atoms with E-state index in [9.17, 15) is 0 Å². The summed E-state index contributed by atoms with van der Waals surface area (Å²) in [4.78, 5) is 0. The molecule has 256 valence electrons. The second-order valence-corrected chi connectivity index (χ2v) is 14.5. The molecule has 0 amide bonds. The lowest BCUT2D eigenvalue weighted by Crippen LogP contribution is -1.94. The van der Waals surface area contributed by atoms with Crippen LogP contribution in [0.15, 0.2) is 199 Å². The van der Waals surface area contributed by atoms with E-state index in [0.29, 0.717) is 0 Å². The Hall–Kier alpha value is -7.36. The smallest absolute Gasteiger partial charge is 0.159 e. The Kier molecular flexibility index (Phi) is 6.34. The van der Waals surface area contributed by atoms with Crippen LogP contribution >= 0.6 is 0 Å². The fraction of sp³-hybridized carbons (Fsp3) is 0. The standard InChI is InChI=1S/C52H32N2O/c1-3-12-33(13-4-1)38-22-25-40-43-29-36(23-26-46(43)53(49(40)32-38)39-16-5-2-6-17-39)37-24-27-47-44(30-37)45-28-34-14-7-8-15-35(34)31-50(45)54(47)48-20-11-19-42-41-18-9-10-21-51(41)55-52(42)48/h1-32H. The molecule has 0 unspecified atom stereocenters. The Morgan fingerprint density at radius 2 is 0.891 bits per heavy atom. The zero-order valence-electron chi connectivity index (χ0n) is 29.8. The molecule has 12 aromatic rings. The summed E-state index contributed by atoms with van der Waals surface area (Å²) in [5.41, 5.74) is 13.5. The van der Waals surface area contributed by atoms with Gasteiger partial charge in [0.2, 0.25) is 0 Å². The first-order chi connectivity index (χ1) is 27.3. The van der Waals surface area contributed by atoms with Gasteiger partial charge in [-0.25, -0.2) is 0 Å². The van der Waals surface area contributed by atoms with E-state index in [1.165, 1.54) is 65.6 Å². The van der Waals surface area contributed by atoms with E-state index in [1.54, 1.807) is 0 Å². The molecule has 3 nitrogen and oxygen atoms in total. The van der Waals surface area contributed by atoms with Crippen molar-refractivity contribution in [1.29, 1.82) is 0 Å². The number of hydrogen-bond donors (Lipinski definition) is 0. The van der Waals surface area contributed by atoms with E-state index in [-0.39, 0.29) is 0 Å². The van der Waals surface area contributed by atoms with Gasteiger partial charge in [-0.2, -0.15) is 0 Å². The van der Waals surface area contributed by atoms with E-state index in [4.69, 9.17) is 4.42 Å². The maximum absolute atomic E-state index is 6.61. The third-order valence-corrected chi connectivity index (χ3v) is 11.5. The average Bonchev–Trinajstić information content (AvgIpc) is 3.90. The summed E-state index contributed by atoms with van der Waals surface area (Å²) in [6, 6.07) is 70.3. The molecule has 12 rings (SSSR count). The Morgan fingerprint density at radius 3 is 1.69 bits per heavy atom. The van der Waals surface area contributed by atoms with E-state index >= 15 is 0 Å². The molecular weight excluding hydrogens is 669 g/mol. The van der Waals surface area contributed by atoms with Gasteiger partial charge in [0, 0.05) is 38.0 Å². The third-order valence-electron chi connectivity index (χ3n) is 11.5. The lowest BCUT2D eigenvalue weighted by atomic mass is 9.99. The molecule has 9 aromatic carbocycles. The van der Waals surface area contributed by atoms with Gasteiger partial charge in [0.1, 0.15) is 5.58 Å². The number of nitrogens with zero attached hydrogens (tertiary/aromatic N) is 2. The van der Waals surface area contributed by atoms with Crippen molar-refractivity contribution in [3.8, 4) is 33.6 Å². The first-order valence-electron chi connectivity index (χ1n) is 18.8. The molecule has 0 atom stereocenters. The fourth-order valence-corrected chi connectivity index (χ4v) is 8.92. The highest BCUT2D eigenvalue weighted by atomic mass is 16.3. The van der Waals surface area contributed by atoms with Crippen molar-refractivity contribution in [2.45, 2.75) is 0 Å². The van der Waals surface area contributed by atoms with Crippen LogP contribution in [0.2, 0.25) is 0 Å². The van der Waals surface area contributed by atoms with Crippen molar-refractivity contribution in [3.05, 3.63) is 194 Å². The third kappa shape index (κ3) is 4.50. The monoisotopic (exact) mass is 700 g/mol. The zero-order valence-corrected chi connectivity index (χ0v) is 29.8. The number of furan rings is 1. The zero-order chi connectivity index (χ0) is 36.0. The fourth-order valence-electron chi connectivity index (χ4n) is 8.92. The van der Waals surface area contributed by atoms with Crippen molar-refractivity contribution in [2.24, 2.45) is 0 Å². The molecule has 55 heavy (non-hydrogen) atoms. The van der Waals surface area contributed by atoms with Gasteiger partial charge in [-0.05, 0) is 99.8 Å². The normalized spacial score (nSPS) is 12.0. The quantitative estimate of drug-likeness (QED) is 0.179. The summed E-state index contributed by atoms with van der Waals surface area (Å²) in [6.45, 7) is 0. The first kappa shape index (κ1) is 30.1. The molecule has 0 saturated heterocycles. The Bertz CT molecular complexity index is 3470. The van der Waals surface area contributed by atoms with Gasteiger partial charge in [-0.3, -0.25) is 0 Å². The van der Waals surface area contributed by atoms with Crippen molar-refractivity contribution < 1.29 is 4.42 Å². The highest BCUT2D eigenvalue weighted by molar-refractivity contribution is 6.17. The molecule has 0 saturated carbocycles.